The first-order chi connectivity index (χ1) is 12.3. The summed E-state index contributed by atoms with van der Waals surface area (Å²) in [5, 5.41) is 12.3. The molecule has 26 heavy (non-hydrogen) atoms. The highest BCUT2D eigenvalue weighted by molar-refractivity contribution is 5.96. The van der Waals surface area contributed by atoms with E-state index in [4.69, 9.17) is 0 Å². The number of hydrogen-bond donors (Lipinski definition) is 1. The first-order valence-corrected chi connectivity index (χ1v) is 8.62. The van der Waals surface area contributed by atoms with Gasteiger partial charge in [-0.05, 0) is 43.9 Å². The van der Waals surface area contributed by atoms with Crippen LogP contribution in [-0.4, -0.2) is 33.8 Å². The number of carbonyl (C=O) groups excluding carboxylic acids is 1. The molecule has 1 amide bonds. The van der Waals surface area contributed by atoms with Crippen molar-refractivity contribution in [3.05, 3.63) is 63.8 Å². The molecule has 7 heteroatoms. The molecule has 1 saturated heterocycles. The number of benzene rings is 1. The Kier molecular flexibility index (Phi) is 3.57. The van der Waals surface area contributed by atoms with Crippen molar-refractivity contribution in [2.45, 2.75) is 37.9 Å². The van der Waals surface area contributed by atoms with Crippen LogP contribution in [0.5, 0.6) is 5.75 Å². The van der Waals surface area contributed by atoms with Crippen molar-refractivity contribution in [2.24, 2.45) is 0 Å². The highest BCUT2D eigenvalue weighted by Crippen LogP contribution is 2.42. The quantitative estimate of drug-likeness (QED) is 0.849. The van der Waals surface area contributed by atoms with E-state index in [1.807, 2.05) is 11.9 Å². The van der Waals surface area contributed by atoms with Crippen LogP contribution >= 0.6 is 0 Å². The van der Waals surface area contributed by atoms with Gasteiger partial charge in [0.1, 0.15) is 12.0 Å². The predicted molar refractivity (Wildman–Crippen MR) is 94.1 cm³/mol. The summed E-state index contributed by atoms with van der Waals surface area (Å²) in [4.78, 5) is 26.2. The van der Waals surface area contributed by atoms with Crippen molar-refractivity contribution in [2.75, 3.05) is 12.1 Å². The molecule has 0 aliphatic carbocycles. The van der Waals surface area contributed by atoms with Crippen molar-refractivity contribution in [1.29, 1.82) is 0 Å². The Balaban J connectivity index is 1.96. The Hall–Kier alpha value is -2.83. The minimum atomic E-state index is -0.586. The molecule has 1 aromatic carbocycles. The van der Waals surface area contributed by atoms with Gasteiger partial charge in [-0.25, -0.2) is 4.39 Å². The second-order valence-corrected chi connectivity index (χ2v) is 7.14. The summed E-state index contributed by atoms with van der Waals surface area (Å²) in [6, 6.07) is 7.60. The van der Waals surface area contributed by atoms with Gasteiger partial charge in [-0.3, -0.25) is 19.3 Å². The third-order valence-electron chi connectivity index (χ3n) is 5.64. The molecule has 4 rings (SSSR count). The Morgan fingerprint density at radius 2 is 1.88 bits per heavy atom. The van der Waals surface area contributed by atoms with Gasteiger partial charge in [-0.1, -0.05) is 12.1 Å². The minimum Gasteiger partial charge on any atom is -0.502 e. The fourth-order valence-electron chi connectivity index (χ4n) is 4.22. The maximum Gasteiger partial charge on any atom is 0.277 e. The van der Waals surface area contributed by atoms with Crippen molar-refractivity contribution in [3.8, 4) is 5.75 Å². The number of aromatic nitrogens is 1. The highest BCUT2D eigenvalue weighted by Gasteiger charge is 2.48. The first-order valence-electron chi connectivity index (χ1n) is 8.62. The van der Waals surface area contributed by atoms with Crippen LogP contribution in [0.3, 0.4) is 0 Å². The summed E-state index contributed by atoms with van der Waals surface area (Å²) in [6.45, 7) is 2.04. The largest absolute Gasteiger partial charge is 0.502 e. The zero-order chi connectivity index (χ0) is 18.6. The number of hydrogen-bond acceptors (Lipinski definition) is 4. The number of aromatic hydroxyl groups is 1. The Morgan fingerprint density at radius 1 is 1.19 bits per heavy atom. The molecule has 3 heterocycles. The van der Waals surface area contributed by atoms with Crippen LogP contribution in [-0.2, 0) is 5.54 Å². The monoisotopic (exact) mass is 357 g/mol. The molecule has 2 aliphatic rings. The van der Waals surface area contributed by atoms with E-state index in [1.54, 1.807) is 28.8 Å². The standard InChI is InChI=1S/C19H20FN3O3/c1-19(12-5-7-13(20)8-6-12)10-3-4-15-21(2)18(26)16-17(25)14(24)9-11-22(16)23(15)19/h5-9,11,15,25H,3-4,10H2,1-2H3. The van der Waals surface area contributed by atoms with E-state index in [-0.39, 0.29) is 23.6 Å². The molecule has 136 valence electrons. The second kappa shape index (κ2) is 5.59. The van der Waals surface area contributed by atoms with E-state index in [9.17, 15) is 19.1 Å². The zero-order valence-corrected chi connectivity index (χ0v) is 14.6. The number of halogens is 1. The SMILES string of the molecule is CN1C(=O)c2c(O)c(=O)ccn2N2C1CCCC2(C)c1ccc(F)cc1. The van der Waals surface area contributed by atoms with Crippen molar-refractivity contribution in [3.63, 3.8) is 0 Å². The van der Waals surface area contributed by atoms with E-state index in [0.717, 1.165) is 24.8 Å². The lowest BCUT2D eigenvalue weighted by Crippen LogP contribution is -2.68. The molecule has 2 unspecified atom stereocenters. The van der Waals surface area contributed by atoms with Gasteiger partial charge in [0.05, 0.1) is 5.54 Å². The van der Waals surface area contributed by atoms with Gasteiger partial charge in [0, 0.05) is 19.3 Å². The first kappa shape index (κ1) is 16.6. The molecule has 1 N–H and O–H groups in total. The smallest absolute Gasteiger partial charge is 0.277 e. The van der Waals surface area contributed by atoms with E-state index < -0.39 is 16.7 Å². The lowest BCUT2D eigenvalue weighted by Gasteiger charge is -2.56. The van der Waals surface area contributed by atoms with E-state index in [1.165, 1.54) is 24.4 Å². The van der Waals surface area contributed by atoms with Gasteiger partial charge in [0.2, 0.25) is 5.43 Å². The van der Waals surface area contributed by atoms with Gasteiger partial charge in [-0.15, -0.1) is 0 Å². The number of pyridine rings is 1. The van der Waals surface area contributed by atoms with Crippen LogP contribution in [0.4, 0.5) is 4.39 Å². The van der Waals surface area contributed by atoms with Crippen molar-refractivity contribution >= 4 is 5.91 Å². The highest BCUT2D eigenvalue weighted by atomic mass is 19.1. The molecule has 6 nitrogen and oxygen atoms in total. The summed E-state index contributed by atoms with van der Waals surface area (Å²) in [6.07, 6.45) is 3.77. The van der Waals surface area contributed by atoms with Crippen LogP contribution in [0.2, 0.25) is 0 Å². The lowest BCUT2D eigenvalue weighted by molar-refractivity contribution is 0.0471. The molecule has 0 radical (unpaired) electrons. The number of piperidine rings is 1. The van der Waals surface area contributed by atoms with E-state index >= 15 is 0 Å². The van der Waals surface area contributed by atoms with Crippen LogP contribution in [0.1, 0.15) is 42.2 Å². The maximum absolute atomic E-state index is 13.4. The molecule has 2 aliphatic heterocycles. The number of rotatable bonds is 1. The lowest BCUT2D eigenvalue weighted by atomic mass is 9.81. The average Bonchev–Trinajstić information content (AvgIpc) is 2.62. The Morgan fingerprint density at radius 3 is 2.58 bits per heavy atom. The normalized spacial score (nSPS) is 25.0. The summed E-state index contributed by atoms with van der Waals surface area (Å²) in [5.74, 6) is -1.24. The second-order valence-electron chi connectivity index (χ2n) is 7.14. The number of carbonyl (C=O) groups is 1. The Labute approximate surface area is 150 Å². The third-order valence-corrected chi connectivity index (χ3v) is 5.64. The molecule has 2 aromatic rings. The summed E-state index contributed by atoms with van der Waals surface area (Å²) >= 11 is 0. The summed E-state index contributed by atoms with van der Waals surface area (Å²) in [7, 11) is 1.68. The maximum atomic E-state index is 13.4. The molecule has 1 aromatic heterocycles. The molecule has 2 atom stereocenters. The fourth-order valence-corrected chi connectivity index (χ4v) is 4.22. The van der Waals surface area contributed by atoms with Gasteiger partial charge in [-0.2, -0.15) is 0 Å². The topological polar surface area (TPSA) is 65.8 Å². The predicted octanol–water partition coefficient (Wildman–Crippen LogP) is 2.14. The van der Waals surface area contributed by atoms with Gasteiger partial charge in [0.15, 0.2) is 11.4 Å². The van der Waals surface area contributed by atoms with Crippen LogP contribution < -0.4 is 10.4 Å². The molecule has 0 spiro atoms. The molecule has 0 saturated carbocycles. The van der Waals surface area contributed by atoms with Gasteiger partial charge in [0.25, 0.3) is 5.91 Å². The average molecular weight is 357 g/mol. The Bertz CT molecular complexity index is 940. The summed E-state index contributed by atoms with van der Waals surface area (Å²) < 4.78 is 15.0. The van der Waals surface area contributed by atoms with E-state index in [0.29, 0.717) is 0 Å². The van der Waals surface area contributed by atoms with E-state index in [2.05, 4.69) is 0 Å². The molecule has 1 fully saturated rings. The van der Waals surface area contributed by atoms with Gasteiger partial charge >= 0.3 is 0 Å². The molecular formula is C19H20FN3O3. The van der Waals surface area contributed by atoms with Crippen molar-refractivity contribution in [1.82, 2.24) is 9.58 Å². The van der Waals surface area contributed by atoms with Crippen LogP contribution in [0.25, 0.3) is 0 Å². The van der Waals surface area contributed by atoms with Crippen LogP contribution in [0, 0.1) is 5.82 Å². The fraction of sp³-hybridized carbons (Fsp3) is 0.368. The zero-order valence-electron chi connectivity index (χ0n) is 14.6. The third kappa shape index (κ3) is 2.16. The van der Waals surface area contributed by atoms with Gasteiger partial charge < -0.3 is 10.0 Å². The number of amides is 1. The number of fused-ring (bicyclic) bond motifs is 3. The summed E-state index contributed by atoms with van der Waals surface area (Å²) in [5.41, 5.74) is -0.235. The molecule has 0 bridgehead atoms. The minimum absolute atomic E-state index is 0.0357. The van der Waals surface area contributed by atoms with Crippen LogP contribution in [0.15, 0.2) is 41.3 Å². The van der Waals surface area contributed by atoms with Crippen molar-refractivity contribution < 1.29 is 14.3 Å². The molecular weight excluding hydrogens is 337 g/mol. The number of nitrogens with zero attached hydrogens (tertiary/aromatic N) is 3.